The molecular weight excluding hydrogens is 690 g/mol. The third-order valence-electron chi connectivity index (χ3n) is 10.7. The van der Waals surface area contributed by atoms with Gasteiger partial charge in [-0.3, -0.25) is 0 Å². The van der Waals surface area contributed by atoms with Gasteiger partial charge in [0.05, 0.1) is 0 Å². The van der Waals surface area contributed by atoms with Crippen LogP contribution in [-0.2, 0) is 26.8 Å². The Morgan fingerprint density at radius 1 is 0.522 bits per heavy atom. The van der Waals surface area contributed by atoms with Crippen molar-refractivity contribution in [1.82, 2.24) is 0 Å². The molecule has 0 nitrogen and oxygen atoms in total. The van der Waals surface area contributed by atoms with E-state index in [9.17, 15) is 26.3 Å². The molecule has 0 saturated carbocycles. The quantitative estimate of drug-likeness (QED) is 0.145. The molecule has 0 heterocycles. The fourth-order valence-electron chi connectivity index (χ4n) is 9.50. The molecule has 2 atom stereocenters. The third-order valence-corrected chi connectivity index (χ3v) is 34.3. The summed E-state index contributed by atoms with van der Waals surface area (Å²) in [5.74, 6) is 0. The van der Waals surface area contributed by atoms with E-state index in [1.54, 1.807) is 24.3 Å². The monoisotopic (exact) mass is 726 g/mol. The van der Waals surface area contributed by atoms with E-state index in [0.29, 0.717) is 0 Å². The Bertz CT molecular complexity index is 1960. The molecule has 2 unspecified atom stereocenters. The Kier molecular flexibility index (Phi) is 6.55. The molecule has 0 N–H and O–H groups in total. The van der Waals surface area contributed by atoms with Crippen LogP contribution < -0.4 is 0 Å². The Morgan fingerprint density at radius 3 is 1.15 bits per heavy atom. The standard InChI is InChI=1S/2C17H12F3.4CH3.H2Si.Zr/c2*1-11-9-13-3-2-4-15(16(13)10-11)12-5-7-14(8-6-12)17(18,19)20;;;;;;/h2*2-10H,1H3;4*1H3;1H2;. The molecule has 0 saturated heterocycles. The number of benzene rings is 4. The predicted molar refractivity (Wildman–Crippen MR) is 179 cm³/mol. The van der Waals surface area contributed by atoms with Crippen LogP contribution in [0.15, 0.2) is 96.1 Å². The Morgan fingerprint density at radius 2 is 0.848 bits per heavy atom. The number of alkyl halides is 6. The minimum atomic E-state index is -5.10. The van der Waals surface area contributed by atoms with Crippen molar-refractivity contribution < 1.29 is 40.8 Å². The summed E-state index contributed by atoms with van der Waals surface area (Å²) >= 11 is -5.10. The van der Waals surface area contributed by atoms with Crippen molar-refractivity contribution in [3.8, 4) is 22.3 Å². The van der Waals surface area contributed by atoms with E-state index in [2.05, 4.69) is 63.5 Å². The molecule has 2 aliphatic rings. The van der Waals surface area contributed by atoms with Gasteiger partial charge < -0.3 is 0 Å². The molecule has 0 amide bonds. The van der Waals surface area contributed by atoms with E-state index < -0.39 is 37.9 Å². The number of halogens is 6. The molecular formula is C38H38F6SiZr. The van der Waals surface area contributed by atoms with Gasteiger partial charge in [-0.25, -0.2) is 0 Å². The Hall–Kier alpha value is -2.96. The second-order valence-electron chi connectivity index (χ2n) is 17.7. The first kappa shape index (κ1) is 33.0. The van der Waals surface area contributed by atoms with Crippen molar-refractivity contribution in [3.63, 3.8) is 0 Å². The number of hydrogen-bond acceptors (Lipinski definition) is 0. The van der Waals surface area contributed by atoms with Gasteiger partial charge in [0.25, 0.3) is 0 Å². The van der Waals surface area contributed by atoms with E-state index in [-0.39, 0.29) is 7.25 Å². The summed E-state index contributed by atoms with van der Waals surface area (Å²) in [5, 5.41) is 0. The molecule has 0 spiro atoms. The molecule has 0 bridgehead atoms. The van der Waals surface area contributed by atoms with Gasteiger partial charge in [-0.15, -0.1) is 0 Å². The molecule has 46 heavy (non-hydrogen) atoms. The minimum absolute atomic E-state index is 0.0912. The van der Waals surface area contributed by atoms with E-state index in [1.807, 2.05) is 24.3 Å². The van der Waals surface area contributed by atoms with E-state index >= 15 is 0 Å². The summed E-state index contributed by atoms with van der Waals surface area (Å²) in [6.45, 7) is 6.53. The summed E-state index contributed by atoms with van der Waals surface area (Å²) in [5.41, 5.74) is 8.94. The summed E-state index contributed by atoms with van der Waals surface area (Å²) < 4.78 is 90.2. The van der Waals surface area contributed by atoms with Gasteiger partial charge >= 0.3 is 263 Å². The zero-order valence-electron chi connectivity index (χ0n) is 26.9. The first-order chi connectivity index (χ1) is 20.9. The second kappa shape index (κ2) is 9.14. The molecule has 4 aromatic rings. The molecule has 0 radical (unpaired) electrons. The van der Waals surface area contributed by atoms with Crippen molar-refractivity contribution in [3.05, 3.63) is 129 Å². The molecule has 0 fully saturated rings. The maximum atomic E-state index is 13.3. The van der Waals surface area contributed by atoms with E-state index in [4.69, 9.17) is 0 Å². The molecule has 4 aromatic carbocycles. The van der Waals surface area contributed by atoms with Gasteiger partial charge in [0.1, 0.15) is 0 Å². The van der Waals surface area contributed by atoms with Crippen molar-refractivity contribution in [2.75, 3.05) is 0 Å². The van der Waals surface area contributed by atoms with Crippen molar-refractivity contribution in [2.24, 2.45) is 0 Å². The van der Waals surface area contributed by atoms with Gasteiger partial charge in [0.15, 0.2) is 0 Å². The van der Waals surface area contributed by atoms with E-state index in [0.717, 1.165) is 57.6 Å². The third kappa shape index (κ3) is 5.15. The van der Waals surface area contributed by atoms with Gasteiger partial charge in [-0.05, 0) is 0 Å². The predicted octanol–water partition coefficient (Wildman–Crippen LogP) is 12.2. The average Bonchev–Trinajstić information content (AvgIpc) is 3.49. The normalized spacial score (nSPS) is 20.5. The van der Waals surface area contributed by atoms with Crippen LogP contribution in [0.25, 0.3) is 34.4 Å². The first-order valence-corrected chi connectivity index (χ1v) is 34.1. The Labute approximate surface area is 262 Å². The van der Waals surface area contributed by atoms with Crippen LogP contribution in [0.5, 0.6) is 0 Å². The molecule has 2 aliphatic carbocycles. The van der Waals surface area contributed by atoms with Crippen LogP contribution in [0.3, 0.4) is 0 Å². The van der Waals surface area contributed by atoms with Crippen LogP contribution in [0, 0.1) is 0 Å². The van der Waals surface area contributed by atoms with Crippen molar-refractivity contribution in [1.29, 1.82) is 0 Å². The molecule has 0 aliphatic heterocycles. The molecule has 0 aromatic heterocycles. The summed E-state index contributed by atoms with van der Waals surface area (Å²) in [6.07, 6.45) is -4.35. The zero-order chi connectivity index (χ0) is 33.8. The number of hydrogen-bond donors (Lipinski definition) is 0. The maximum absolute atomic E-state index is 13.3. The fourth-order valence-corrected chi connectivity index (χ4v) is 38.3. The molecule has 240 valence electrons. The topological polar surface area (TPSA) is 0 Å². The summed E-state index contributed by atoms with van der Waals surface area (Å²) in [6, 6.07) is 23.1. The second-order valence-corrected chi connectivity index (χ2v) is 78.0. The van der Waals surface area contributed by atoms with Gasteiger partial charge in [0, 0.05) is 0 Å². The van der Waals surface area contributed by atoms with Crippen molar-refractivity contribution >= 4 is 19.0 Å². The first-order valence-electron chi connectivity index (χ1n) is 15.5. The SMILES string of the molecule is CC1=Cc2c(-c3ccc(C(F)(F)F)cc3)cccc2[CH]1[Zr]([CH3])([CH3])([CH3])([CH3])(=[SiH2])[CH]1C(C)=Cc2c(-c3ccc(C(F)(F)F)cc3)cccc21. The number of rotatable bonds is 4. The molecule has 8 heteroatoms. The summed E-state index contributed by atoms with van der Waals surface area (Å²) in [4.78, 5) is 0. The van der Waals surface area contributed by atoms with Crippen molar-refractivity contribution in [2.45, 2.75) is 52.0 Å². The van der Waals surface area contributed by atoms with Gasteiger partial charge in [-0.2, -0.15) is 0 Å². The molecule has 6 rings (SSSR count). The summed E-state index contributed by atoms with van der Waals surface area (Å²) in [7, 11) is 0. The van der Waals surface area contributed by atoms with Crippen LogP contribution in [0.1, 0.15) is 54.5 Å². The van der Waals surface area contributed by atoms with Crippen LogP contribution in [0.4, 0.5) is 26.3 Å². The van der Waals surface area contributed by atoms with Crippen LogP contribution >= 0.6 is 0 Å². The average molecular weight is 728 g/mol. The fraction of sp³-hybridized carbons (Fsp3) is 0.263. The zero-order valence-corrected chi connectivity index (χ0v) is 30.7. The van der Waals surface area contributed by atoms with Gasteiger partial charge in [-0.1, -0.05) is 0 Å². The number of fused-ring (bicyclic) bond motifs is 2. The van der Waals surface area contributed by atoms with Crippen LogP contribution in [-0.4, -0.2) is 6.88 Å². The number of allylic oxidation sites excluding steroid dienone is 2. The van der Waals surface area contributed by atoms with Crippen LogP contribution in [0.2, 0.25) is 18.5 Å². The Balaban J connectivity index is 1.50. The van der Waals surface area contributed by atoms with Gasteiger partial charge in [0.2, 0.25) is 0 Å². The van der Waals surface area contributed by atoms with E-state index in [1.165, 1.54) is 22.3 Å².